The Bertz CT molecular complexity index is 135. The molecule has 0 aliphatic carbocycles. The molecule has 0 saturated heterocycles. The first-order valence-corrected chi connectivity index (χ1v) is 4.08. The van der Waals surface area contributed by atoms with Gasteiger partial charge in [0.05, 0.1) is 0 Å². The van der Waals surface area contributed by atoms with E-state index in [4.69, 9.17) is 0 Å². The summed E-state index contributed by atoms with van der Waals surface area (Å²) in [4.78, 5) is 10.7. The van der Waals surface area contributed by atoms with Crippen LogP contribution in [0.1, 0.15) is 41.0 Å². The lowest BCUT2D eigenvalue weighted by molar-refractivity contribution is -0.117. The van der Waals surface area contributed by atoms with E-state index in [0.29, 0.717) is 6.42 Å². The molecular formula is C9H19NO. The molecule has 0 fully saturated rings. The van der Waals surface area contributed by atoms with Crippen molar-refractivity contribution in [1.82, 2.24) is 5.32 Å². The SMILES string of the molecule is CC(=O)CC(C)NC(C)(C)C. The third-order valence-corrected chi connectivity index (χ3v) is 1.27. The zero-order valence-electron chi connectivity index (χ0n) is 8.19. The predicted octanol–water partition coefficient (Wildman–Crippen LogP) is 1.74. The Hall–Kier alpha value is -0.370. The van der Waals surface area contributed by atoms with Crippen LogP contribution in [0.15, 0.2) is 0 Å². The Morgan fingerprint density at radius 2 is 1.91 bits per heavy atom. The molecule has 0 aliphatic rings. The molecule has 2 heteroatoms. The largest absolute Gasteiger partial charge is 0.309 e. The number of hydrogen-bond donors (Lipinski definition) is 1. The molecule has 0 bridgehead atoms. The van der Waals surface area contributed by atoms with Gasteiger partial charge in [-0.15, -0.1) is 0 Å². The van der Waals surface area contributed by atoms with Crippen LogP contribution in [0, 0.1) is 0 Å². The molecule has 0 aromatic carbocycles. The summed E-state index contributed by atoms with van der Waals surface area (Å²) in [7, 11) is 0. The smallest absolute Gasteiger partial charge is 0.131 e. The second-order valence-electron chi connectivity index (χ2n) is 4.20. The minimum Gasteiger partial charge on any atom is -0.309 e. The minimum atomic E-state index is 0.106. The highest BCUT2D eigenvalue weighted by Crippen LogP contribution is 2.03. The summed E-state index contributed by atoms with van der Waals surface area (Å²) < 4.78 is 0. The van der Waals surface area contributed by atoms with Gasteiger partial charge in [0.15, 0.2) is 0 Å². The number of hydrogen-bond acceptors (Lipinski definition) is 2. The number of carbonyl (C=O) groups excluding carboxylic acids is 1. The first-order chi connectivity index (χ1) is 4.81. The van der Waals surface area contributed by atoms with Crippen molar-refractivity contribution in [2.24, 2.45) is 0 Å². The Balaban J connectivity index is 3.69. The topological polar surface area (TPSA) is 29.1 Å². The van der Waals surface area contributed by atoms with Gasteiger partial charge in [0.2, 0.25) is 0 Å². The standard InChI is InChI=1S/C9H19NO/c1-7(6-8(2)11)10-9(3,4)5/h7,10H,6H2,1-5H3. The quantitative estimate of drug-likeness (QED) is 0.676. The lowest BCUT2D eigenvalue weighted by Crippen LogP contribution is -2.42. The Kier molecular flexibility index (Phi) is 3.73. The van der Waals surface area contributed by atoms with Crippen LogP contribution in [-0.4, -0.2) is 17.4 Å². The summed E-state index contributed by atoms with van der Waals surface area (Å²) >= 11 is 0. The van der Waals surface area contributed by atoms with Crippen LogP contribution in [0.4, 0.5) is 0 Å². The van der Waals surface area contributed by atoms with Crippen molar-refractivity contribution in [3.63, 3.8) is 0 Å². The Morgan fingerprint density at radius 1 is 1.45 bits per heavy atom. The van der Waals surface area contributed by atoms with Gasteiger partial charge < -0.3 is 5.32 Å². The van der Waals surface area contributed by atoms with Crippen LogP contribution in [-0.2, 0) is 4.79 Å². The second kappa shape index (κ2) is 3.86. The summed E-state index contributed by atoms with van der Waals surface area (Å²) in [6.07, 6.45) is 0.622. The summed E-state index contributed by atoms with van der Waals surface area (Å²) in [5.74, 6) is 0.245. The summed E-state index contributed by atoms with van der Waals surface area (Å²) in [6, 6.07) is 0.285. The highest BCUT2D eigenvalue weighted by Gasteiger charge is 2.13. The molecule has 1 atom stereocenters. The summed E-state index contributed by atoms with van der Waals surface area (Å²) in [5.41, 5.74) is 0.106. The average Bonchev–Trinajstić information content (AvgIpc) is 1.53. The first kappa shape index (κ1) is 10.6. The van der Waals surface area contributed by atoms with Crippen LogP contribution in [0.3, 0.4) is 0 Å². The molecule has 1 N–H and O–H groups in total. The third-order valence-electron chi connectivity index (χ3n) is 1.27. The lowest BCUT2D eigenvalue weighted by atomic mass is 10.1. The fourth-order valence-electron chi connectivity index (χ4n) is 1.22. The van der Waals surface area contributed by atoms with E-state index in [9.17, 15) is 4.79 Å². The lowest BCUT2D eigenvalue weighted by Gasteiger charge is -2.25. The third kappa shape index (κ3) is 7.53. The summed E-state index contributed by atoms with van der Waals surface area (Å²) in [6.45, 7) is 9.96. The predicted molar refractivity (Wildman–Crippen MR) is 47.6 cm³/mol. The maximum absolute atomic E-state index is 10.7. The number of Topliss-reactive ketones (excluding diaryl/α,β-unsaturated/α-hetero) is 1. The van der Waals surface area contributed by atoms with Gasteiger partial charge in [-0.25, -0.2) is 0 Å². The molecule has 0 rings (SSSR count). The van der Waals surface area contributed by atoms with Gasteiger partial charge in [0.1, 0.15) is 5.78 Å². The maximum Gasteiger partial charge on any atom is 0.131 e. The molecule has 0 heterocycles. The van der Waals surface area contributed by atoms with Crippen molar-refractivity contribution in [1.29, 1.82) is 0 Å². The molecule has 0 radical (unpaired) electrons. The maximum atomic E-state index is 10.7. The van der Waals surface area contributed by atoms with Crippen LogP contribution < -0.4 is 5.32 Å². The van der Waals surface area contributed by atoms with Crippen molar-refractivity contribution in [2.75, 3.05) is 0 Å². The van der Waals surface area contributed by atoms with Gasteiger partial charge in [-0.1, -0.05) is 0 Å². The molecule has 2 nitrogen and oxygen atoms in total. The van der Waals surface area contributed by atoms with E-state index >= 15 is 0 Å². The Labute approximate surface area is 69.4 Å². The first-order valence-electron chi connectivity index (χ1n) is 4.08. The zero-order valence-corrected chi connectivity index (χ0v) is 8.19. The monoisotopic (exact) mass is 157 g/mol. The molecule has 0 spiro atoms. The number of carbonyl (C=O) groups is 1. The molecule has 1 unspecified atom stereocenters. The molecule has 66 valence electrons. The fraction of sp³-hybridized carbons (Fsp3) is 0.889. The van der Waals surface area contributed by atoms with Crippen molar-refractivity contribution in [2.45, 2.75) is 52.6 Å². The van der Waals surface area contributed by atoms with E-state index in [-0.39, 0.29) is 17.4 Å². The molecule has 0 saturated carbocycles. The van der Waals surface area contributed by atoms with Gasteiger partial charge in [0, 0.05) is 18.0 Å². The number of ketones is 1. The number of nitrogens with one attached hydrogen (secondary N) is 1. The van der Waals surface area contributed by atoms with E-state index in [1.807, 2.05) is 6.92 Å². The van der Waals surface area contributed by atoms with Crippen LogP contribution in [0.2, 0.25) is 0 Å². The van der Waals surface area contributed by atoms with Crippen molar-refractivity contribution < 1.29 is 4.79 Å². The van der Waals surface area contributed by atoms with E-state index in [2.05, 4.69) is 26.1 Å². The highest BCUT2D eigenvalue weighted by molar-refractivity contribution is 5.76. The molecule has 0 aliphatic heterocycles. The van der Waals surface area contributed by atoms with E-state index in [1.165, 1.54) is 0 Å². The van der Waals surface area contributed by atoms with Gasteiger partial charge in [-0.2, -0.15) is 0 Å². The Morgan fingerprint density at radius 3 is 2.18 bits per heavy atom. The van der Waals surface area contributed by atoms with E-state index in [1.54, 1.807) is 6.92 Å². The van der Waals surface area contributed by atoms with Crippen LogP contribution in [0.25, 0.3) is 0 Å². The zero-order chi connectivity index (χ0) is 9.07. The molecule has 0 amide bonds. The van der Waals surface area contributed by atoms with Crippen molar-refractivity contribution >= 4 is 5.78 Å². The van der Waals surface area contributed by atoms with Gasteiger partial charge in [-0.05, 0) is 34.6 Å². The summed E-state index contributed by atoms with van der Waals surface area (Å²) in [5, 5.41) is 3.33. The van der Waals surface area contributed by atoms with Crippen LogP contribution in [0.5, 0.6) is 0 Å². The van der Waals surface area contributed by atoms with E-state index in [0.717, 1.165) is 0 Å². The fourth-order valence-corrected chi connectivity index (χ4v) is 1.22. The normalized spacial score (nSPS) is 14.6. The average molecular weight is 157 g/mol. The van der Waals surface area contributed by atoms with Gasteiger partial charge in [0.25, 0.3) is 0 Å². The molecule has 0 aromatic rings. The second-order valence-corrected chi connectivity index (χ2v) is 4.20. The minimum absolute atomic E-state index is 0.106. The highest BCUT2D eigenvalue weighted by atomic mass is 16.1. The van der Waals surface area contributed by atoms with Gasteiger partial charge in [-0.3, -0.25) is 4.79 Å². The number of rotatable bonds is 3. The van der Waals surface area contributed by atoms with E-state index < -0.39 is 0 Å². The molecular weight excluding hydrogens is 138 g/mol. The van der Waals surface area contributed by atoms with Gasteiger partial charge >= 0.3 is 0 Å². The van der Waals surface area contributed by atoms with Crippen molar-refractivity contribution in [3.05, 3.63) is 0 Å². The van der Waals surface area contributed by atoms with Crippen LogP contribution >= 0.6 is 0 Å². The molecule has 0 aromatic heterocycles. The molecule has 11 heavy (non-hydrogen) atoms. The van der Waals surface area contributed by atoms with Crippen molar-refractivity contribution in [3.8, 4) is 0 Å².